The van der Waals surface area contributed by atoms with E-state index in [1.54, 1.807) is 44.2 Å². The molecule has 1 heterocycles. The Balaban J connectivity index is 1.79. The first kappa shape index (κ1) is 21.6. The predicted molar refractivity (Wildman–Crippen MR) is 111 cm³/mol. The highest BCUT2D eigenvalue weighted by Crippen LogP contribution is 2.42. The Kier molecular flexibility index (Phi) is 6.29. The number of nitrogens with zero attached hydrogens (tertiary/aromatic N) is 1. The lowest BCUT2D eigenvalue weighted by atomic mass is 9.83. The summed E-state index contributed by atoms with van der Waals surface area (Å²) in [5.41, 5.74) is 0.562. The number of hydrogen-bond acceptors (Lipinski definition) is 4. The van der Waals surface area contributed by atoms with Gasteiger partial charge in [0, 0.05) is 12.1 Å². The van der Waals surface area contributed by atoms with Crippen molar-refractivity contribution in [3.05, 3.63) is 59.4 Å². The third-order valence-electron chi connectivity index (χ3n) is 5.84. The lowest BCUT2D eigenvalue weighted by molar-refractivity contribution is -0.164. The molecule has 0 spiro atoms. The monoisotopic (exact) mass is 414 g/mol. The van der Waals surface area contributed by atoms with Crippen molar-refractivity contribution in [2.75, 3.05) is 14.2 Å². The summed E-state index contributed by atoms with van der Waals surface area (Å²) >= 11 is 0. The van der Waals surface area contributed by atoms with Crippen LogP contribution in [0.25, 0.3) is 0 Å². The van der Waals surface area contributed by atoms with Gasteiger partial charge in [-0.1, -0.05) is 31.2 Å². The van der Waals surface area contributed by atoms with Gasteiger partial charge in [-0.05, 0) is 37.1 Å². The van der Waals surface area contributed by atoms with Gasteiger partial charge in [0.1, 0.15) is 11.4 Å². The maximum Gasteiger partial charge on any atom is 0.245 e. The fourth-order valence-corrected chi connectivity index (χ4v) is 3.89. The first-order valence-electron chi connectivity index (χ1n) is 9.91. The minimum absolute atomic E-state index is 0.0946. The van der Waals surface area contributed by atoms with Gasteiger partial charge in [0.05, 0.1) is 26.7 Å². The standard InChI is InChI=1S/C23H27FN2O4/c1-5-23(2,26-18(13-20(26)27)15-9-11-17(24)12-10-15)22(28)25-14-16-7-6-8-19(29-3)21(16)30-4/h6-12,18H,5,13-14H2,1-4H3,(H,25,28). The zero-order valence-electron chi connectivity index (χ0n) is 17.7. The molecule has 0 aromatic heterocycles. The number of hydrogen-bond donors (Lipinski definition) is 1. The summed E-state index contributed by atoms with van der Waals surface area (Å²) < 4.78 is 24.0. The van der Waals surface area contributed by atoms with E-state index in [9.17, 15) is 14.0 Å². The number of rotatable bonds is 8. The van der Waals surface area contributed by atoms with Crippen molar-refractivity contribution in [2.45, 2.75) is 44.8 Å². The molecule has 1 N–H and O–H groups in total. The van der Waals surface area contributed by atoms with Gasteiger partial charge in [-0.15, -0.1) is 0 Å². The van der Waals surface area contributed by atoms with Crippen molar-refractivity contribution in [2.24, 2.45) is 0 Å². The van der Waals surface area contributed by atoms with Crippen molar-refractivity contribution in [1.29, 1.82) is 0 Å². The summed E-state index contributed by atoms with van der Waals surface area (Å²) in [4.78, 5) is 27.3. The third-order valence-corrected chi connectivity index (χ3v) is 5.84. The normalized spacial score (nSPS) is 17.7. The quantitative estimate of drug-likeness (QED) is 0.670. The number of ether oxygens (including phenoxy) is 2. The van der Waals surface area contributed by atoms with Gasteiger partial charge in [0.15, 0.2) is 11.5 Å². The molecular weight excluding hydrogens is 387 g/mol. The van der Waals surface area contributed by atoms with E-state index in [0.29, 0.717) is 24.3 Å². The molecule has 1 saturated heterocycles. The molecule has 7 heteroatoms. The zero-order chi connectivity index (χ0) is 21.9. The smallest absolute Gasteiger partial charge is 0.245 e. The summed E-state index contributed by atoms with van der Waals surface area (Å²) in [6.45, 7) is 3.87. The molecule has 6 nitrogen and oxygen atoms in total. The number of para-hydroxylation sites is 1. The van der Waals surface area contributed by atoms with E-state index < -0.39 is 5.54 Å². The van der Waals surface area contributed by atoms with Crippen LogP contribution in [0.15, 0.2) is 42.5 Å². The Morgan fingerprint density at radius 3 is 2.47 bits per heavy atom. The molecule has 30 heavy (non-hydrogen) atoms. The van der Waals surface area contributed by atoms with Crippen LogP contribution in [0.1, 0.15) is 43.9 Å². The number of halogens is 1. The van der Waals surface area contributed by atoms with Crippen LogP contribution in [0.4, 0.5) is 4.39 Å². The van der Waals surface area contributed by atoms with Crippen molar-refractivity contribution in [3.63, 3.8) is 0 Å². The molecule has 160 valence electrons. The van der Waals surface area contributed by atoms with Crippen LogP contribution in [-0.4, -0.2) is 36.5 Å². The van der Waals surface area contributed by atoms with E-state index in [1.165, 1.54) is 12.1 Å². The highest BCUT2D eigenvalue weighted by molar-refractivity contribution is 5.94. The van der Waals surface area contributed by atoms with Gasteiger partial charge < -0.3 is 19.7 Å². The number of nitrogens with one attached hydrogen (secondary N) is 1. The van der Waals surface area contributed by atoms with Crippen molar-refractivity contribution in [1.82, 2.24) is 10.2 Å². The highest BCUT2D eigenvalue weighted by atomic mass is 19.1. The summed E-state index contributed by atoms with van der Waals surface area (Å²) in [5.74, 6) is 0.455. The number of carbonyl (C=O) groups excluding carboxylic acids is 2. The van der Waals surface area contributed by atoms with Crippen LogP contribution in [-0.2, 0) is 16.1 Å². The van der Waals surface area contributed by atoms with Gasteiger partial charge in [-0.2, -0.15) is 0 Å². The van der Waals surface area contributed by atoms with Crippen LogP contribution < -0.4 is 14.8 Å². The van der Waals surface area contributed by atoms with Crippen molar-refractivity contribution >= 4 is 11.8 Å². The maximum absolute atomic E-state index is 13.3. The Morgan fingerprint density at radius 1 is 1.20 bits per heavy atom. The Labute approximate surface area is 176 Å². The molecule has 2 unspecified atom stereocenters. The second-order valence-corrected chi connectivity index (χ2v) is 7.50. The number of benzene rings is 2. The molecule has 0 aliphatic carbocycles. The van der Waals surface area contributed by atoms with Crippen LogP contribution in [0.5, 0.6) is 11.5 Å². The number of amides is 2. The largest absolute Gasteiger partial charge is 0.493 e. The Hall–Kier alpha value is -3.09. The molecule has 2 aromatic rings. The minimum atomic E-state index is -1.03. The second-order valence-electron chi connectivity index (χ2n) is 7.50. The maximum atomic E-state index is 13.3. The molecule has 0 saturated carbocycles. The Morgan fingerprint density at radius 2 is 1.90 bits per heavy atom. The van der Waals surface area contributed by atoms with Crippen molar-refractivity contribution in [3.8, 4) is 11.5 Å². The topological polar surface area (TPSA) is 67.9 Å². The molecule has 2 aromatic carbocycles. The fourth-order valence-electron chi connectivity index (χ4n) is 3.89. The number of methoxy groups -OCH3 is 2. The molecule has 2 amide bonds. The average molecular weight is 414 g/mol. The summed E-state index contributed by atoms with van der Waals surface area (Å²) in [5, 5.41) is 2.94. The molecular formula is C23H27FN2O4. The van der Waals surface area contributed by atoms with Crippen LogP contribution in [0.3, 0.4) is 0 Å². The van der Waals surface area contributed by atoms with Gasteiger partial charge in [-0.3, -0.25) is 9.59 Å². The molecule has 3 rings (SSSR count). The van der Waals surface area contributed by atoms with Crippen LogP contribution >= 0.6 is 0 Å². The SMILES string of the molecule is CCC(C)(C(=O)NCc1cccc(OC)c1OC)N1C(=O)CC1c1ccc(F)cc1. The van der Waals surface area contributed by atoms with Gasteiger partial charge in [0.2, 0.25) is 11.8 Å². The summed E-state index contributed by atoms with van der Waals surface area (Å²) in [7, 11) is 3.10. The molecule has 0 radical (unpaired) electrons. The van der Waals surface area contributed by atoms with Gasteiger partial charge in [-0.25, -0.2) is 4.39 Å². The third kappa shape index (κ3) is 3.84. The van der Waals surface area contributed by atoms with Crippen molar-refractivity contribution < 1.29 is 23.5 Å². The van der Waals surface area contributed by atoms with E-state index in [0.717, 1.165) is 11.1 Å². The molecule has 1 fully saturated rings. The molecule has 1 aliphatic heterocycles. The summed E-state index contributed by atoms with van der Waals surface area (Å²) in [6, 6.07) is 11.3. The lowest BCUT2D eigenvalue weighted by Crippen LogP contribution is -2.64. The van der Waals surface area contributed by atoms with Crippen LogP contribution in [0.2, 0.25) is 0 Å². The van der Waals surface area contributed by atoms with E-state index >= 15 is 0 Å². The predicted octanol–water partition coefficient (Wildman–Crippen LogP) is 3.60. The first-order valence-corrected chi connectivity index (χ1v) is 9.91. The lowest BCUT2D eigenvalue weighted by Gasteiger charge is -2.51. The van der Waals surface area contributed by atoms with E-state index in [4.69, 9.17) is 9.47 Å². The zero-order valence-corrected chi connectivity index (χ0v) is 17.7. The number of β-lactam (4-membered cyclic amide) rings is 1. The minimum Gasteiger partial charge on any atom is -0.493 e. The van der Waals surface area contributed by atoms with E-state index in [-0.39, 0.29) is 30.2 Å². The summed E-state index contributed by atoms with van der Waals surface area (Å²) in [6.07, 6.45) is 0.746. The highest BCUT2D eigenvalue weighted by Gasteiger charge is 2.50. The average Bonchev–Trinajstić information content (AvgIpc) is 2.75. The fraction of sp³-hybridized carbons (Fsp3) is 0.391. The molecule has 2 atom stereocenters. The number of carbonyl (C=O) groups is 2. The molecule has 1 aliphatic rings. The molecule has 0 bridgehead atoms. The van der Waals surface area contributed by atoms with Crippen LogP contribution in [0, 0.1) is 5.82 Å². The van der Waals surface area contributed by atoms with Gasteiger partial charge >= 0.3 is 0 Å². The van der Waals surface area contributed by atoms with E-state index in [2.05, 4.69) is 5.32 Å². The van der Waals surface area contributed by atoms with E-state index in [1.807, 2.05) is 19.1 Å². The number of likely N-dealkylation sites (tertiary alicyclic amines) is 1. The first-order chi connectivity index (χ1) is 14.3. The van der Waals surface area contributed by atoms with Gasteiger partial charge in [0.25, 0.3) is 0 Å². The Bertz CT molecular complexity index is 931. The second kappa shape index (κ2) is 8.73.